The summed E-state index contributed by atoms with van der Waals surface area (Å²) in [7, 11) is -11.4. The number of likely N-dealkylation sites (N-methyl/N-ethyl adjacent to an activating group) is 1. The number of rotatable bonds is 25. The monoisotopic (exact) mass is 908 g/mol. The minimum atomic E-state index is -6.60. The molecule has 0 fully saturated rings. The van der Waals surface area contributed by atoms with Gasteiger partial charge in [-0.3, -0.25) is 9.59 Å². The molecule has 0 aromatic carbocycles. The van der Waals surface area contributed by atoms with Crippen LogP contribution in [0.25, 0.3) is 0 Å². The SMILES string of the molecule is C=C(C)C(=O)OCCCC(=O)OCC[N+](C)(CCOC(=O)CCCOC(=O)C(=C)C)CCOC(=O)NCCOC(=O)C(=C)C.O=S(=O)(NS(=O)(=O)C(F)(F)F)C(F)(F)F. The Morgan fingerprint density at radius 1 is 0.542 bits per heavy atom. The van der Waals surface area contributed by atoms with Gasteiger partial charge in [-0.2, -0.15) is 26.3 Å². The summed E-state index contributed by atoms with van der Waals surface area (Å²) >= 11 is 0. The molecule has 0 aliphatic carbocycles. The summed E-state index contributed by atoms with van der Waals surface area (Å²) in [6, 6.07) is 0. The van der Waals surface area contributed by atoms with Crippen molar-refractivity contribution in [1.29, 1.82) is 0 Å². The van der Waals surface area contributed by atoms with Crippen LogP contribution in [0.4, 0.5) is 31.1 Å². The standard InChI is InChI=1S/C30H46N2O12.C2HF6NO4S2/c1-22(2)27(35)41-16-8-10-25(33)39-19-13-32(7,14-20-40-26(34)11-9-17-42-28(36)23(3)4)15-21-44-30(38)31-12-18-43-29(37)24(5)6;3-1(4,5)14(10,11)9-15(12,13)2(6,7)8/h1,3,5,8-21H2,2,4,6-7H3;9H/p+1. The van der Waals surface area contributed by atoms with Crippen LogP contribution < -0.4 is 9.44 Å². The van der Waals surface area contributed by atoms with E-state index in [1.807, 2.05) is 7.05 Å². The third-order valence-electron chi connectivity index (χ3n) is 6.65. The zero-order chi connectivity index (χ0) is 46.3. The maximum atomic E-state index is 12.1. The topological polar surface area (TPSA) is 250 Å². The number of nitrogens with zero attached hydrogens (tertiary/aromatic N) is 1. The first-order valence-corrected chi connectivity index (χ1v) is 19.8. The molecule has 2 N–H and O–H groups in total. The van der Waals surface area contributed by atoms with Gasteiger partial charge in [-0.1, -0.05) is 23.9 Å². The van der Waals surface area contributed by atoms with Crippen molar-refractivity contribution in [3.63, 3.8) is 0 Å². The molecule has 0 atom stereocenters. The van der Waals surface area contributed by atoms with Crippen molar-refractivity contribution >= 4 is 56.0 Å². The Morgan fingerprint density at radius 3 is 1.19 bits per heavy atom. The molecule has 340 valence electrons. The van der Waals surface area contributed by atoms with Gasteiger partial charge in [0.05, 0.1) is 26.8 Å². The molecule has 0 unspecified atom stereocenters. The summed E-state index contributed by atoms with van der Waals surface area (Å²) in [6.07, 6.45) is -0.0152. The van der Waals surface area contributed by atoms with E-state index in [1.165, 1.54) is 20.8 Å². The molecule has 0 aliphatic rings. The van der Waals surface area contributed by atoms with Crippen LogP contribution in [0.3, 0.4) is 0 Å². The van der Waals surface area contributed by atoms with Crippen LogP contribution in [0.2, 0.25) is 0 Å². The zero-order valence-electron chi connectivity index (χ0n) is 32.6. The molecule has 0 bridgehead atoms. The first kappa shape index (κ1) is 56.3. The third-order valence-corrected chi connectivity index (χ3v) is 9.62. The molecular formula is C32H48F6N3O16S2+. The Labute approximate surface area is 336 Å². The average molecular weight is 909 g/mol. The molecule has 0 heterocycles. The molecule has 19 nitrogen and oxygen atoms in total. The Bertz CT molecular complexity index is 1550. The van der Waals surface area contributed by atoms with Crippen molar-refractivity contribution in [3.05, 3.63) is 36.5 Å². The van der Waals surface area contributed by atoms with Crippen LogP contribution in [-0.4, -0.2) is 141 Å². The van der Waals surface area contributed by atoms with Gasteiger partial charge < -0.3 is 38.2 Å². The highest BCUT2D eigenvalue weighted by molar-refractivity contribution is 8.05. The van der Waals surface area contributed by atoms with Gasteiger partial charge >= 0.3 is 67.0 Å². The number of quaternary nitrogens is 1. The Balaban J connectivity index is 0. The number of ether oxygens (including phenoxy) is 6. The maximum Gasteiger partial charge on any atom is 0.512 e. The lowest BCUT2D eigenvalue weighted by atomic mass is 10.3. The molecule has 0 saturated carbocycles. The Hall–Kier alpha value is -4.76. The van der Waals surface area contributed by atoms with Crippen molar-refractivity contribution < 1.29 is 105 Å². The highest BCUT2D eigenvalue weighted by Crippen LogP contribution is 2.27. The molecular weight excluding hydrogens is 860 g/mol. The van der Waals surface area contributed by atoms with E-state index < -0.39 is 71.1 Å². The lowest BCUT2D eigenvalue weighted by Crippen LogP contribution is -2.51. The van der Waals surface area contributed by atoms with Gasteiger partial charge in [-0.05, 0) is 33.6 Å². The molecule has 0 aromatic heterocycles. The third kappa shape index (κ3) is 26.1. The average Bonchev–Trinajstić information content (AvgIpc) is 3.08. The summed E-state index contributed by atoms with van der Waals surface area (Å²) in [4.78, 5) is 70.4. The number of sulfonamides is 2. The number of carbonyl (C=O) groups is 6. The van der Waals surface area contributed by atoms with Gasteiger partial charge in [0.25, 0.3) is 0 Å². The van der Waals surface area contributed by atoms with Crippen molar-refractivity contribution in [1.82, 2.24) is 9.44 Å². The van der Waals surface area contributed by atoms with Gasteiger partial charge in [0.15, 0.2) is 0 Å². The van der Waals surface area contributed by atoms with Gasteiger partial charge in [0.2, 0.25) is 0 Å². The molecule has 0 rings (SSSR count). The number of nitrogens with one attached hydrogen (secondary N) is 2. The van der Waals surface area contributed by atoms with E-state index >= 15 is 0 Å². The van der Waals surface area contributed by atoms with Crippen molar-refractivity contribution in [3.8, 4) is 0 Å². The molecule has 0 aliphatic heterocycles. The van der Waals surface area contributed by atoms with E-state index in [0.717, 1.165) is 0 Å². The van der Waals surface area contributed by atoms with E-state index in [9.17, 15) is 71.9 Å². The Morgan fingerprint density at radius 2 is 0.864 bits per heavy atom. The predicted molar refractivity (Wildman–Crippen MR) is 191 cm³/mol. The normalized spacial score (nSPS) is 11.8. The largest absolute Gasteiger partial charge is 0.512 e. The molecule has 59 heavy (non-hydrogen) atoms. The van der Waals surface area contributed by atoms with Crippen molar-refractivity contribution in [2.45, 2.75) is 57.5 Å². The van der Waals surface area contributed by atoms with Gasteiger partial charge in [-0.25, -0.2) is 36.0 Å². The number of halogens is 6. The highest BCUT2D eigenvalue weighted by Gasteiger charge is 2.55. The number of carbonyl (C=O) groups excluding carboxylic acids is 6. The lowest BCUT2D eigenvalue weighted by molar-refractivity contribution is -0.910. The van der Waals surface area contributed by atoms with Gasteiger partial charge in [0, 0.05) is 29.6 Å². The second kappa shape index (κ2) is 26.4. The van der Waals surface area contributed by atoms with Crippen molar-refractivity contribution in [2.24, 2.45) is 0 Å². The summed E-state index contributed by atoms with van der Waals surface area (Å²) in [5, 5.41) is 2.47. The quantitative estimate of drug-likeness (QED) is 0.0333. The Kier molecular flexibility index (Phi) is 25.2. The molecule has 0 radical (unpaired) electrons. The van der Waals surface area contributed by atoms with E-state index in [-0.39, 0.29) is 80.2 Å². The molecule has 0 spiro atoms. The smallest absolute Gasteiger partial charge is 0.462 e. The summed E-state index contributed by atoms with van der Waals surface area (Å²) in [6.45, 7) is 16.2. The van der Waals surface area contributed by atoms with Crippen LogP contribution in [0, 0.1) is 0 Å². The molecule has 0 aromatic rings. The minimum Gasteiger partial charge on any atom is -0.462 e. The van der Waals surface area contributed by atoms with Crippen LogP contribution in [0.15, 0.2) is 36.5 Å². The van der Waals surface area contributed by atoms with Crippen LogP contribution in [0.1, 0.15) is 46.5 Å². The minimum absolute atomic E-state index is 0.00203. The predicted octanol–water partition coefficient (Wildman–Crippen LogP) is 2.44. The molecule has 27 heteroatoms. The van der Waals surface area contributed by atoms with Gasteiger partial charge in [0.1, 0.15) is 46.1 Å². The fraction of sp³-hybridized carbons (Fsp3) is 0.625. The second-order valence-electron chi connectivity index (χ2n) is 12.2. The number of hydrogen-bond donors (Lipinski definition) is 2. The van der Waals surface area contributed by atoms with Crippen LogP contribution >= 0.6 is 0 Å². The lowest BCUT2D eigenvalue weighted by Gasteiger charge is -2.33. The fourth-order valence-corrected chi connectivity index (χ4v) is 5.23. The number of alkyl halides is 6. The van der Waals surface area contributed by atoms with E-state index in [2.05, 4.69) is 25.1 Å². The van der Waals surface area contributed by atoms with E-state index in [4.69, 9.17) is 28.4 Å². The first-order valence-electron chi connectivity index (χ1n) is 16.8. The summed E-state index contributed by atoms with van der Waals surface area (Å²) < 4.78 is 139. The molecule has 1 amide bonds. The second-order valence-corrected chi connectivity index (χ2v) is 15.8. The first-order chi connectivity index (χ1) is 26.9. The zero-order valence-corrected chi connectivity index (χ0v) is 34.2. The van der Waals surface area contributed by atoms with Crippen LogP contribution in [0.5, 0.6) is 0 Å². The highest BCUT2D eigenvalue weighted by atomic mass is 32.3. The van der Waals surface area contributed by atoms with Crippen LogP contribution in [-0.2, 0) is 72.4 Å². The van der Waals surface area contributed by atoms with Gasteiger partial charge in [-0.15, -0.1) is 0 Å². The number of hydrogen-bond acceptors (Lipinski definition) is 16. The number of esters is 5. The fourth-order valence-electron chi connectivity index (χ4n) is 3.32. The number of amides is 1. The van der Waals surface area contributed by atoms with E-state index in [1.54, 1.807) is 0 Å². The summed E-state index contributed by atoms with van der Waals surface area (Å²) in [5.41, 5.74) is -11.5. The molecule has 0 saturated heterocycles. The maximum absolute atomic E-state index is 12.1. The number of alkyl carbamates (subject to hydrolysis) is 1. The summed E-state index contributed by atoms with van der Waals surface area (Å²) in [5.74, 6) is -2.55. The van der Waals surface area contributed by atoms with E-state index in [0.29, 0.717) is 32.5 Å². The van der Waals surface area contributed by atoms with Crippen molar-refractivity contribution in [2.75, 3.05) is 72.9 Å².